The van der Waals surface area contributed by atoms with Gasteiger partial charge in [-0.05, 0) is 17.7 Å². The van der Waals surface area contributed by atoms with Crippen molar-refractivity contribution in [2.75, 3.05) is 13.1 Å². The van der Waals surface area contributed by atoms with Crippen molar-refractivity contribution >= 4 is 17.6 Å². The molecule has 1 saturated heterocycles. The molecule has 1 aliphatic heterocycles. The standard InChI is InChI=1S/C13H12ClF4NO2/c14-10-3-7(1-2-11(10)15)4-19-5-8(12(20)21)9(6-19)13(16,17)18/h1-3,8-9H,4-6H2,(H,20,21)/t8-,9-/m1/s1. The number of halogens is 5. The predicted octanol–water partition coefficient (Wildman–Crippen LogP) is 3.17. The van der Waals surface area contributed by atoms with Gasteiger partial charge in [0.25, 0.3) is 0 Å². The largest absolute Gasteiger partial charge is 0.481 e. The smallest absolute Gasteiger partial charge is 0.393 e. The summed E-state index contributed by atoms with van der Waals surface area (Å²) in [5, 5.41) is 8.80. The minimum absolute atomic E-state index is 0.0936. The van der Waals surface area contributed by atoms with Crippen LogP contribution in [0.25, 0.3) is 0 Å². The van der Waals surface area contributed by atoms with Gasteiger partial charge in [-0.1, -0.05) is 17.7 Å². The van der Waals surface area contributed by atoms with Crippen LogP contribution in [0, 0.1) is 17.7 Å². The minimum Gasteiger partial charge on any atom is -0.481 e. The lowest BCUT2D eigenvalue weighted by Crippen LogP contribution is -2.33. The van der Waals surface area contributed by atoms with Crippen LogP contribution in [0.4, 0.5) is 17.6 Å². The lowest BCUT2D eigenvalue weighted by atomic mass is 9.96. The summed E-state index contributed by atoms with van der Waals surface area (Å²) < 4.78 is 51.5. The summed E-state index contributed by atoms with van der Waals surface area (Å²) in [5.41, 5.74) is 0.536. The average Bonchev–Trinajstić information content (AvgIpc) is 2.78. The monoisotopic (exact) mass is 325 g/mol. The Labute approximate surface area is 123 Å². The Morgan fingerprint density at radius 2 is 2.05 bits per heavy atom. The third-order valence-corrected chi connectivity index (χ3v) is 3.81. The molecular formula is C13H12ClF4NO2. The van der Waals surface area contributed by atoms with Crippen LogP contribution in [0.2, 0.25) is 5.02 Å². The van der Waals surface area contributed by atoms with Crippen molar-refractivity contribution in [3.05, 3.63) is 34.6 Å². The second-order valence-corrected chi connectivity index (χ2v) is 5.44. The molecule has 21 heavy (non-hydrogen) atoms. The Balaban J connectivity index is 2.12. The van der Waals surface area contributed by atoms with Gasteiger partial charge in [0.05, 0.1) is 16.9 Å². The van der Waals surface area contributed by atoms with Gasteiger partial charge in [0.2, 0.25) is 0 Å². The summed E-state index contributed by atoms with van der Waals surface area (Å²) in [4.78, 5) is 12.3. The van der Waals surface area contributed by atoms with Gasteiger partial charge in [-0.2, -0.15) is 13.2 Å². The van der Waals surface area contributed by atoms with Crippen LogP contribution in [0.15, 0.2) is 18.2 Å². The van der Waals surface area contributed by atoms with Gasteiger partial charge in [0, 0.05) is 19.6 Å². The number of rotatable bonds is 3. The molecule has 2 rings (SSSR count). The number of likely N-dealkylation sites (tertiary alicyclic amines) is 1. The van der Waals surface area contributed by atoms with E-state index in [9.17, 15) is 22.4 Å². The van der Waals surface area contributed by atoms with Gasteiger partial charge in [-0.3, -0.25) is 9.69 Å². The van der Waals surface area contributed by atoms with E-state index >= 15 is 0 Å². The zero-order chi connectivity index (χ0) is 15.8. The van der Waals surface area contributed by atoms with Crippen molar-refractivity contribution in [3.8, 4) is 0 Å². The van der Waals surface area contributed by atoms with Crippen molar-refractivity contribution in [1.29, 1.82) is 0 Å². The van der Waals surface area contributed by atoms with Gasteiger partial charge in [-0.25, -0.2) is 4.39 Å². The maximum atomic E-state index is 13.0. The summed E-state index contributed by atoms with van der Waals surface area (Å²) in [7, 11) is 0. The highest BCUT2D eigenvalue weighted by Crippen LogP contribution is 2.38. The molecule has 0 saturated carbocycles. The molecule has 0 aromatic heterocycles. The highest BCUT2D eigenvalue weighted by atomic mass is 35.5. The Bertz CT molecular complexity index is 549. The van der Waals surface area contributed by atoms with E-state index in [1.54, 1.807) is 0 Å². The lowest BCUT2D eigenvalue weighted by molar-refractivity contribution is -0.188. The molecule has 0 spiro atoms. The highest BCUT2D eigenvalue weighted by molar-refractivity contribution is 6.30. The van der Waals surface area contributed by atoms with Crippen LogP contribution in [0.1, 0.15) is 5.56 Å². The first kappa shape index (κ1) is 16.0. The van der Waals surface area contributed by atoms with E-state index in [1.165, 1.54) is 17.0 Å². The number of carbonyl (C=O) groups is 1. The second-order valence-electron chi connectivity index (χ2n) is 5.04. The molecule has 1 aliphatic rings. The number of benzene rings is 1. The molecule has 8 heteroatoms. The van der Waals surface area contributed by atoms with E-state index in [0.717, 1.165) is 6.07 Å². The number of hydrogen-bond acceptors (Lipinski definition) is 2. The van der Waals surface area contributed by atoms with Crippen molar-refractivity contribution in [2.24, 2.45) is 11.8 Å². The molecule has 1 aromatic rings. The number of nitrogens with zero attached hydrogens (tertiary/aromatic N) is 1. The summed E-state index contributed by atoms with van der Waals surface area (Å²) in [6, 6.07) is 3.87. The molecule has 0 aliphatic carbocycles. The topological polar surface area (TPSA) is 40.5 Å². The lowest BCUT2D eigenvalue weighted by Gasteiger charge is -2.18. The number of carboxylic acid groups (broad SMARTS) is 1. The molecule has 116 valence electrons. The third-order valence-electron chi connectivity index (χ3n) is 3.52. The minimum atomic E-state index is -4.56. The highest BCUT2D eigenvalue weighted by Gasteiger charge is 2.52. The average molecular weight is 326 g/mol. The first-order valence-electron chi connectivity index (χ1n) is 6.14. The first-order chi connectivity index (χ1) is 9.68. The van der Waals surface area contributed by atoms with Gasteiger partial charge in [0.1, 0.15) is 5.82 Å². The van der Waals surface area contributed by atoms with Crippen LogP contribution in [-0.4, -0.2) is 35.2 Å². The van der Waals surface area contributed by atoms with Crippen LogP contribution < -0.4 is 0 Å². The van der Waals surface area contributed by atoms with Gasteiger partial charge >= 0.3 is 12.1 Å². The molecular weight excluding hydrogens is 314 g/mol. The van der Waals surface area contributed by atoms with Crippen molar-refractivity contribution in [2.45, 2.75) is 12.7 Å². The predicted molar refractivity (Wildman–Crippen MR) is 67.4 cm³/mol. The molecule has 0 bridgehead atoms. The van der Waals surface area contributed by atoms with Crippen LogP contribution in [0.3, 0.4) is 0 Å². The van der Waals surface area contributed by atoms with E-state index < -0.39 is 36.3 Å². The Kier molecular flexibility index (Phi) is 4.43. The van der Waals surface area contributed by atoms with Crippen molar-refractivity contribution in [3.63, 3.8) is 0 Å². The normalized spacial score (nSPS) is 23.5. The summed E-state index contributed by atoms with van der Waals surface area (Å²) in [6.45, 7) is -0.500. The van der Waals surface area contributed by atoms with Crippen LogP contribution >= 0.6 is 11.6 Å². The molecule has 0 amide bonds. The van der Waals surface area contributed by atoms with E-state index in [1.807, 2.05) is 0 Å². The van der Waals surface area contributed by atoms with E-state index in [-0.39, 0.29) is 18.1 Å². The van der Waals surface area contributed by atoms with Gasteiger partial charge in [0.15, 0.2) is 0 Å². The molecule has 1 aromatic carbocycles. The van der Waals surface area contributed by atoms with Crippen molar-refractivity contribution < 1.29 is 27.5 Å². The summed E-state index contributed by atoms with van der Waals surface area (Å²) in [5.74, 6) is -5.46. The molecule has 2 atom stereocenters. The van der Waals surface area contributed by atoms with E-state index in [0.29, 0.717) is 5.56 Å². The van der Waals surface area contributed by atoms with Crippen LogP contribution in [-0.2, 0) is 11.3 Å². The molecule has 0 unspecified atom stereocenters. The maximum absolute atomic E-state index is 13.0. The fourth-order valence-corrected chi connectivity index (χ4v) is 2.70. The second kappa shape index (κ2) is 5.81. The maximum Gasteiger partial charge on any atom is 0.393 e. The number of aliphatic carboxylic acids is 1. The quantitative estimate of drug-likeness (QED) is 0.868. The Morgan fingerprint density at radius 1 is 1.38 bits per heavy atom. The molecule has 1 fully saturated rings. The number of carboxylic acids is 1. The zero-order valence-corrected chi connectivity index (χ0v) is 11.5. The summed E-state index contributed by atoms with van der Waals surface area (Å²) in [6.07, 6.45) is -4.56. The fraction of sp³-hybridized carbons (Fsp3) is 0.462. The molecule has 1 N–H and O–H groups in total. The van der Waals surface area contributed by atoms with Crippen LogP contribution in [0.5, 0.6) is 0 Å². The van der Waals surface area contributed by atoms with Gasteiger partial charge < -0.3 is 5.11 Å². The number of hydrogen-bond donors (Lipinski definition) is 1. The summed E-state index contributed by atoms with van der Waals surface area (Å²) >= 11 is 5.61. The van der Waals surface area contributed by atoms with Gasteiger partial charge in [-0.15, -0.1) is 0 Å². The SMILES string of the molecule is O=C(O)[C@@H]1CN(Cc2ccc(F)c(Cl)c2)C[C@H]1C(F)(F)F. The third kappa shape index (κ3) is 3.65. The first-order valence-corrected chi connectivity index (χ1v) is 6.52. The Morgan fingerprint density at radius 3 is 2.52 bits per heavy atom. The van der Waals surface area contributed by atoms with Crippen molar-refractivity contribution in [1.82, 2.24) is 4.90 Å². The fourth-order valence-electron chi connectivity index (χ4n) is 2.49. The molecule has 0 radical (unpaired) electrons. The number of alkyl halides is 3. The molecule has 3 nitrogen and oxygen atoms in total. The molecule has 1 heterocycles. The van der Waals surface area contributed by atoms with E-state index in [4.69, 9.17) is 16.7 Å². The zero-order valence-electron chi connectivity index (χ0n) is 10.7. The Hall–Kier alpha value is -1.34. The van der Waals surface area contributed by atoms with E-state index in [2.05, 4.69) is 0 Å².